The Balaban J connectivity index is 1.40. The third kappa shape index (κ3) is 3.71. The number of fused-ring (bicyclic) bond motifs is 1. The molecular weight excluding hydrogens is 379 g/mol. The highest BCUT2D eigenvalue weighted by molar-refractivity contribution is 6.35. The van der Waals surface area contributed by atoms with E-state index in [0.717, 1.165) is 54.4 Å². The molecule has 0 saturated carbocycles. The number of nitrogens with zero attached hydrogens (tertiary/aromatic N) is 3. The van der Waals surface area contributed by atoms with Crippen LogP contribution < -0.4 is 4.90 Å². The molecule has 1 N–H and O–H groups in total. The van der Waals surface area contributed by atoms with Crippen molar-refractivity contribution in [2.45, 2.75) is 19.3 Å². The third-order valence-corrected chi connectivity index (χ3v) is 5.52. The van der Waals surface area contributed by atoms with Gasteiger partial charge in [-0.15, -0.1) is 0 Å². The molecule has 0 radical (unpaired) electrons. The lowest BCUT2D eigenvalue weighted by atomic mass is 9.99. The first-order valence-electron chi connectivity index (χ1n) is 8.29. The molecule has 1 atom stereocenters. The summed E-state index contributed by atoms with van der Waals surface area (Å²) < 4.78 is 0. The monoisotopic (exact) mass is 394 g/mol. The number of aryl methyl sites for hydroxylation is 1. The molecule has 0 bridgehead atoms. The van der Waals surface area contributed by atoms with E-state index in [2.05, 4.69) is 19.9 Å². The van der Waals surface area contributed by atoms with Crippen LogP contribution in [0.25, 0.3) is 11.2 Å². The van der Waals surface area contributed by atoms with Crippen LogP contribution in [0.3, 0.4) is 0 Å². The lowest BCUT2D eigenvalue weighted by Crippen LogP contribution is -2.21. The standard InChI is InChI=1S/C18H17Cl3N4/c19-13-4-3-12(14(20)9-13)2-1-11-7-8-25(10-11)18-22-15-5-6-16(21)23-17(15)24-18/h3-6,9,11H,1-2,7-8,10H2,(H,22,23,24)/t11-/m1/s1. The predicted octanol–water partition coefficient (Wildman–Crippen LogP) is 5.38. The van der Waals surface area contributed by atoms with E-state index >= 15 is 0 Å². The van der Waals surface area contributed by atoms with Crippen LogP contribution in [0, 0.1) is 5.92 Å². The van der Waals surface area contributed by atoms with Gasteiger partial charge in [0.2, 0.25) is 5.95 Å². The van der Waals surface area contributed by atoms with Gasteiger partial charge in [0.25, 0.3) is 0 Å². The number of nitrogens with one attached hydrogen (secondary N) is 1. The van der Waals surface area contributed by atoms with Gasteiger partial charge in [0, 0.05) is 23.1 Å². The van der Waals surface area contributed by atoms with Crippen molar-refractivity contribution in [1.29, 1.82) is 0 Å². The van der Waals surface area contributed by atoms with E-state index in [1.807, 2.05) is 24.3 Å². The zero-order valence-corrected chi connectivity index (χ0v) is 15.7. The van der Waals surface area contributed by atoms with Gasteiger partial charge in [0.1, 0.15) is 5.15 Å². The predicted molar refractivity (Wildman–Crippen MR) is 104 cm³/mol. The van der Waals surface area contributed by atoms with E-state index in [-0.39, 0.29) is 0 Å². The summed E-state index contributed by atoms with van der Waals surface area (Å²) in [6.45, 7) is 1.98. The minimum atomic E-state index is 0.463. The van der Waals surface area contributed by atoms with Gasteiger partial charge in [-0.3, -0.25) is 0 Å². The van der Waals surface area contributed by atoms with Crippen LogP contribution in [0.4, 0.5) is 5.95 Å². The third-order valence-electron chi connectivity index (χ3n) is 4.72. The number of imidazole rings is 1. The Bertz CT molecular complexity index is 908. The minimum Gasteiger partial charge on any atom is -0.342 e. The van der Waals surface area contributed by atoms with E-state index in [1.165, 1.54) is 0 Å². The largest absolute Gasteiger partial charge is 0.342 e. The van der Waals surface area contributed by atoms with Gasteiger partial charge in [-0.2, -0.15) is 4.98 Å². The van der Waals surface area contributed by atoms with E-state index in [1.54, 1.807) is 6.07 Å². The molecule has 3 aromatic rings. The van der Waals surface area contributed by atoms with Gasteiger partial charge in [0.05, 0.1) is 5.52 Å². The normalized spacial score (nSPS) is 17.6. The number of pyridine rings is 1. The van der Waals surface area contributed by atoms with Crippen molar-refractivity contribution < 1.29 is 0 Å². The maximum atomic E-state index is 6.27. The number of hydrogen-bond donors (Lipinski definition) is 1. The number of benzene rings is 1. The molecule has 4 rings (SSSR count). The number of halogens is 3. The van der Waals surface area contributed by atoms with Gasteiger partial charge < -0.3 is 9.88 Å². The molecule has 4 nitrogen and oxygen atoms in total. The molecule has 3 heterocycles. The Labute approximate surface area is 161 Å². The highest BCUT2D eigenvalue weighted by atomic mass is 35.5. The summed E-state index contributed by atoms with van der Waals surface area (Å²) in [6, 6.07) is 9.42. The molecule has 1 aromatic carbocycles. The van der Waals surface area contributed by atoms with Crippen molar-refractivity contribution in [3.8, 4) is 0 Å². The molecule has 0 amide bonds. The zero-order chi connectivity index (χ0) is 17.4. The summed E-state index contributed by atoms with van der Waals surface area (Å²) in [4.78, 5) is 14.4. The summed E-state index contributed by atoms with van der Waals surface area (Å²) >= 11 is 18.2. The number of rotatable bonds is 4. The average molecular weight is 396 g/mol. The molecule has 1 aliphatic rings. The van der Waals surface area contributed by atoms with Crippen molar-refractivity contribution in [1.82, 2.24) is 15.0 Å². The lowest BCUT2D eigenvalue weighted by molar-refractivity contribution is 0.537. The van der Waals surface area contributed by atoms with Crippen molar-refractivity contribution in [3.63, 3.8) is 0 Å². The first kappa shape index (κ1) is 17.0. The van der Waals surface area contributed by atoms with E-state index in [0.29, 0.717) is 21.7 Å². The second-order valence-corrected chi connectivity index (χ2v) is 7.67. The number of aromatic amines is 1. The Kier molecular flexibility index (Phi) is 4.76. The molecule has 2 aromatic heterocycles. The molecular formula is C18H17Cl3N4. The lowest BCUT2D eigenvalue weighted by Gasteiger charge is -2.15. The first-order chi connectivity index (χ1) is 12.1. The second-order valence-electron chi connectivity index (χ2n) is 6.44. The fourth-order valence-electron chi connectivity index (χ4n) is 3.35. The highest BCUT2D eigenvalue weighted by Crippen LogP contribution is 2.28. The molecule has 130 valence electrons. The second kappa shape index (κ2) is 7.02. The Hall–Kier alpha value is -1.49. The summed E-state index contributed by atoms with van der Waals surface area (Å²) in [5, 5.41) is 1.90. The Morgan fingerprint density at radius 2 is 2.00 bits per heavy atom. The number of aromatic nitrogens is 3. The van der Waals surface area contributed by atoms with Crippen molar-refractivity contribution in [2.75, 3.05) is 18.0 Å². The van der Waals surface area contributed by atoms with Crippen molar-refractivity contribution >= 4 is 51.9 Å². The van der Waals surface area contributed by atoms with Gasteiger partial charge in [-0.1, -0.05) is 40.9 Å². The number of hydrogen-bond acceptors (Lipinski definition) is 3. The van der Waals surface area contributed by atoms with Crippen LogP contribution in [0.15, 0.2) is 30.3 Å². The molecule has 0 unspecified atom stereocenters. The van der Waals surface area contributed by atoms with Gasteiger partial charge in [-0.05, 0) is 55.0 Å². The Morgan fingerprint density at radius 3 is 2.84 bits per heavy atom. The number of H-pyrrole nitrogens is 1. The smallest absolute Gasteiger partial charge is 0.205 e. The molecule has 1 fully saturated rings. The fraction of sp³-hybridized carbons (Fsp3) is 0.333. The van der Waals surface area contributed by atoms with Crippen LogP contribution in [0.5, 0.6) is 0 Å². The maximum Gasteiger partial charge on any atom is 0.205 e. The van der Waals surface area contributed by atoms with Gasteiger partial charge in [0.15, 0.2) is 5.65 Å². The Morgan fingerprint density at radius 1 is 1.12 bits per heavy atom. The van der Waals surface area contributed by atoms with Crippen molar-refractivity contribution in [2.24, 2.45) is 5.92 Å². The van der Waals surface area contributed by atoms with E-state index < -0.39 is 0 Å². The molecule has 1 saturated heterocycles. The van der Waals surface area contributed by atoms with Crippen LogP contribution in [-0.4, -0.2) is 28.0 Å². The SMILES string of the molecule is Clc1ccc(CC[C@@H]2CCN(c3nc4nc(Cl)ccc4[nH]3)C2)c(Cl)c1. The van der Waals surface area contributed by atoms with Crippen LogP contribution in [0.2, 0.25) is 15.2 Å². The summed E-state index contributed by atoms with van der Waals surface area (Å²) in [7, 11) is 0. The van der Waals surface area contributed by atoms with E-state index in [4.69, 9.17) is 34.8 Å². The average Bonchev–Trinajstić information content (AvgIpc) is 3.20. The summed E-state index contributed by atoms with van der Waals surface area (Å²) in [5.74, 6) is 1.49. The molecule has 7 heteroatoms. The van der Waals surface area contributed by atoms with Crippen LogP contribution in [-0.2, 0) is 6.42 Å². The first-order valence-corrected chi connectivity index (χ1v) is 9.43. The van der Waals surface area contributed by atoms with Gasteiger partial charge >= 0.3 is 0 Å². The minimum absolute atomic E-state index is 0.463. The quantitative estimate of drug-likeness (QED) is 0.603. The number of anilines is 1. The molecule has 0 aliphatic carbocycles. The summed E-state index contributed by atoms with van der Waals surface area (Å²) in [5.41, 5.74) is 2.74. The molecule has 0 spiro atoms. The molecule has 1 aliphatic heterocycles. The maximum absolute atomic E-state index is 6.27. The summed E-state index contributed by atoms with van der Waals surface area (Å²) in [6.07, 6.45) is 3.21. The topological polar surface area (TPSA) is 44.8 Å². The highest BCUT2D eigenvalue weighted by Gasteiger charge is 2.25. The zero-order valence-electron chi connectivity index (χ0n) is 13.5. The molecule has 25 heavy (non-hydrogen) atoms. The fourth-order valence-corrected chi connectivity index (χ4v) is 4.00. The van der Waals surface area contributed by atoms with Crippen LogP contribution >= 0.6 is 34.8 Å². The van der Waals surface area contributed by atoms with Crippen molar-refractivity contribution in [3.05, 3.63) is 51.1 Å². The van der Waals surface area contributed by atoms with Gasteiger partial charge in [-0.25, -0.2) is 4.98 Å². The van der Waals surface area contributed by atoms with Crippen LogP contribution in [0.1, 0.15) is 18.4 Å². The van der Waals surface area contributed by atoms with E-state index in [9.17, 15) is 0 Å².